The summed E-state index contributed by atoms with van der Waals surface area (Å²) in [5.41, 5.74) is 8.07. The van der Waals surface area contributed by atoms with Crippen LogP contribution in [-0.4, -0.2) is 23.4 Å². The third-order valence-electron chi connectivity index (χ3n) is 3.21. The van der Waals surface area contributed by atoms with E-state index in [-0.39, 0.29) is 0 Å². The number of nitrogen functional groups attached to an aromatic ring is 1. The van der Waals surface area contributed by atoms with Crippen LogP contribution in [0.4, 0.5) is 11.5 Å². The Hall–Kier alpha value is -1.19. The summed E-state index contributed by atoms with van der Waals surface area (Å²) in [6, 6.07) is 0. The van der Waals surface area contributed by atoms with E-state index in [1.165, 1.54) is 12.8 Å². The van der Waals surface area contributed by atoms with Crippen molar-refractivity contribution in [1.29, 1.82) is 0 Å². The second kappa shape index (κ2) is 4.36. The SMILES string of the molecule is CCCc1nn(C)c(N(C)CC2CC2)c1N. The van der Waals surface area contributed by atoms with Crippen molar-refractivity contribution in [3.05, 3.63) is 5.69 Å². The van der Waals surface area contributed by atoms with Crippen molar-refractivity contribution >= 4 is 11.5 Å². The summed E-state index contributed by atoms with van der Waals surface area (Å²) in [5, 5.41) is 4.50. The molecule has 16 heavy (non-hydrogen) atoms. The fraction of sp³-hybridized carbons (Fsp3) is 0.750. The number of rotatable bonds is 5. The zero-order valence-corrected chi connectivity index (χ0v) is 10.5. The minimum Gasteiger partial charge on any atom is -0.394 e. The molecule has 0 unspecified atom stereocenters. The quantitative estimate of drug-likeness (QED) is 0.826. The molecule has 1 heterocycles. The number of hydrogen-bond donors (Lipinski definition) is 1. The lowest BCUT2D eigenvalue weighted by atomic mass is 10.2. The maximum atomic E-state index is 6.16. The molecule has 0 saturated heterocycles. The molecule has 0 aromatic carbocycles. The van der Waals surface area contributed by atoms with Crippen molar-refractivity contribution in [1.82, 2.24) is 9.78 Å². The van der Waals surface area contributed by atoms with Gasteiger partial charge in [-0.1, -0.05) is 13.3 Å². The van der Waals surface area contributed by atoms with Gasteiger partial charge in [0.15, 0.2) is 0 Å². The lowest BCUT2D eigenvalue weighted by Gasteiger charge is -2.19. The van der Waals surface area contributed by atoms with Gasteiger partial charge in [-0.15, -0.1) is 0 Å². The predicted octanol–water partition coefficient (Wildman–Crippen LogP) is 1.80. The van der Waals surface area contributed by atoms with Crippen LogP contribution in [0, 0.1) is 5.92 Å². The molecule has 4 heteroatoms. The van der Waals surface area contributed by atoms with Crippen LogP contribution in [0.15, 0.2) is 0 Å². The first-order valence-corrected chi connectivity index (χ1v) is 6.16. The molecule has 1 aliphatic carbocycles. The van der Waals surface area contributed by atoms with Crippen molar-refractivity contribution in [3.63, 3.8) is 0 Å². The van der Waals surface area contributed by atoms with E-state index in [4.69, 9.17) is 5.73 Å². The van der Waals surface area contributed by atoms with Crippen LogP contribution in [0.5, 0.6) is 0 Å². The molecule has 0 spiro atoms. The van der Waals surface area contributed by atoms with Crippen molar-refractivity contribution in [2.75, 3.05) is 24.2 Å². The molecular weight excluding hydrogens is 200 g/mol. The Morgan fingerprint density at radius 1 is 1.50 bits per heavy atom. The van der Waals surface area contributed by atoms with Gasteiger partial charge in [0, 0.05) is 20.6 Å². The van der Waals surface area contributed by atoms with Crippen molar-refractivity contribution < 1.29 is 0 Å². The molecule has 0 aliphatic heterocycles. The highest BCUT2D eigenvalue weighted by Crippen LogP contribution is 2.33. The van der Waals surface area contributed by atoms with E-state index in [2.05, 4.69) is 24.0 Å². The monoisotopic (exact) mass is 222 g/mol. The minimum atomic E-state index is 0.868. The van der Waals surface area contributed by atoms with Crippen LogP contribution < -0.4 is 10.6 Å². The molecule has 90 valence electrons. The molecule has 1 aromatic heterocycles. The summed E-state index contributed by atoms with van der Waals surface area (Å²) in [6.45, 7) is 3.26. The molecule has 0 amide bonds. The van der Waals surface area contributed by atoms with Crippen LogP contribution in [0.3, 0.4) is 0 Å². The van der Waals surface area contributed by atoms with E-state index in [1.807, 2.05) is 11.7 Å². The van der Waals surface area contributed by atoms with Gasteiger partial charge in [-0.3, -0.25) is 4.68 Å². The van der Waals surface area contributed by atoms with E-state index in [9.17, 15) is 0 Å². The van der Waals surface area contributed by atoms with Crippen LogP contribution in [0.2, 0.25) is 0 Å². The molecule has 0 atom stereocenters. The summed E-state index contributed by atoms with van der Waals surface area (Å²) in [4.78, 5) is 2.25. The number of aryl methyl sites for hydroxylation is 2. The Bertz CT molecular complexity index is 365. The minimum absolute atomic E-state index is 0.868. The lowest BCUT2D eigenvalue weighted by Crippen LogP contribution is -2.23. The van der Waals surface area contributed by atoms with E-state index >= 15 is 0 Å². The van der Waals surface area contributed by atoms with Gasteiger partial charge in [-0.05, 0) is 25.2 Å². The third-order valence-corrected chi connectivity index (χ3v) is 3.21. The van der Waals surface area contributed by atoms with Crippen molar-refractivity contribution in [2.24, 2.45) is 13.0 Å². The summed E-state index contributed by atoms with van der Waals surface area (Å²) in [5.74, 6) is 1.95. The molecular formula is C12H22N4. The van der Waals surface area contributed by atoms with Crippen molar-refractivity contribution in [3.8, 4) is 0 Å². The highest BCUT2D eigenvalue weighted by molar-refractivity contribution is 5.66. The largest absolute Gasteiger partial charge is 0.394 e. The first kappa shape index (κ1) is 11.3. The molecule has 2 rings (SSSR count). The Morgan fingerprint density at radius 3 is 2.75 bits per heavy atom. The van der Waals surface area contributed by atoms with Gasteiger partial charge in [-0.25, -0.2) is 0 Å². The molecule has 0 radical (unpaired) electrons. The summed E-state index contributed by atoms with van der Waals surface area (Å²) in [7, 11) is 4.09. The molecule has 0 bridgehead atoms. The summed E-state index contributed by atoms with van der Waals surface area (Å²) in [6.07, 6.45) is 4.79. The molecule has 2 N–H and O–H groups in total. The number of aromatic nitrogens is 2. The summed E-state index contributed by atoms with van der Waals surface area (Å²) >= 11 is 0. The van der Waals surface area contributed by atoms with E-state index in [0.717, 1.165) is 42.5 Å². The van der Waals surface area contributed by atoms with Crippen molar-refractivity contribution in [2.45, 2.75) is 32.6 Å². The van der Waals surface area contributed by atoms with Crippen LogP contribution in [0.1, 0.15) is 31.9 Å². The summed E-state index contributed by atoms with van der Waals surface area (Å²) < 4.78 is 1.92. The van der Waals surface area contributed by atoms with Crippen LogP contribution in [-0.2, 0) is 13.5 Å². The number of anilines is 2. The van der Waals surface area contributed by atoms with Gasteiger partial charge in [0.25, 0.3) is 0 Å². The Labute approximate surface area is 97.4 Å². The number of nitrogens with two attached hydrogens (primary N) is 1. The van der Waals surface area contributed by atoms with E-state index in [0.29, 0.717) is 0 Å². The van der Waals surface area contributed by atoms with Crippen LogP contribution >= 0.6 is 0 Å². The van der Waals surface area contributed by atoms with Gasteiger partial charge >= 0.3 is 0 Å². The maximum absolute atomic E-state index is 6.16. The Kier molecular flexibility index (Phi) is 3.08. The Balaban J connectivity index is 2.17. The fourth-order valence-electron chi connectivity index (χ4n) is 2.23. The van der Waals surface area contributed by atoms with Crippen LogP contribution in [0.25, 0.3) is 0 Å². The maximum Gasteiger partial charge on any atom is 0.150 e. The Morgan fingerprint density at radius 2 is 2.19 bits per heavy atom. The number of hydrogen-bond acceptors (Lipinski definition) is 3. The van der Waals surface area contributed by atoms with Gasteiger partial charge in [0.1, 0.15) is 5.82 Å². The highest BCUT2D eigenvalue weighted by atomic mass is 15.4. The molecule has 4 nitrogen and oxygen atoms in total. The van der Waals surface area contributed by atoms with Gasteiger partial charge < -0.3 is 10.6 Å². The first-order valence-electron chi connectivity index (χ1n) is 6.16. The van der Waals surface area contributed by atoms with Gasteiger partial charge in [0.05, 0.1) is 11.4 Å². The second-order valence-corrected chi connectivity index (χ2v) is 4.88. The zero-order valence-electron chi connectivity index (χ0n) is 10.5. The standard InChI is InChI=1S/C12H22N4/c1-4-5-10-11(13)12(16(3)14-10)15(2)8-9-6-7-9/h9H,4-8,13H2,1-3H3. The second-order valence-electron chi connectivity index (χ2n) is 4.88. The first-order chi connectivity index (χ1) is 7.63. The topological polar surface area (TPSA) is 47.1 Å². The molecule has 1 saturated carbocycles. The predicted molar refractivity (Wildman–Crippen MR) is 67.6 cm³/mol. The van der Waals surface area contributed by atoms with E-state index in [1.54, 1.807) is 0 Å². The molecule has 1 fully saturated rings. The van der Waals surface area contributed by atoms with Gasteiger partial charge in [0.2, 0.25) is 0 Å². The highest BCUT2D eigenvalue weighted by Gasteiger charge is 2.25. The zero-order chi connectivity index (χ0) is 11.7. The average molecular weight is 222 g/mol. The lowest BCUT2D eigenvalue weighted by molar-refractivity contribution is 0.696. The van der Waals surface area contributed by atoms with E-state index < -0.39 is 0 Å². The fourth-order valence-corrected chi connectivity index (χ4v) is 2.23. The number of nitrogens with zero attached hydrogens (tertiary/aromatic N) is 3. The average Bonchev–Trinajstić information content (AvgIpc) is 2.96. The third kappa shape index (κ3) is 2.15. The molecule has 1 aromatic rings. The smallest absolute Gasteiger partial charge is 0.150 e. The van der Waals surface area contributed by atoms with Gasteiger partial charge in [-0.2, -0.15) is 5.10 Å². The normalized spacial score (nSPS) is 15.4. The molecule has 1 aliphatic rings.